The summed E-state index contributed by atoms with van der Waals surface area (Å²) in [6.07, 6.45) is 0. The van der Waals surface area contributed by atoms with Crippen LogP contribution in [0.15, 0.2) is 59.0 Å². The normalized spacial score (nSPS) is 22.4. The van der Waals surface area contributed by atoms with Crippen LogP contribution in [0.4, 0.5) is 0 Å². The molecule has 1 aromatic heterocycles. The summed E-state index contributed by atoms with van der Waals surface area (Å²) in [6, 6.07) is 19.6. The summed E-state index contributed by atoms with van der Waals surface area (Å²) in [4.78, 5) is 2.40. The van der Waals surface area contributed by atoms with Crippen LogP contribution in [0, 0.1) is 0 Å². The Morgan fingerprint density at radius 3 is 2.52 bits per heavy atom. The number of likely N-dealkylation sites (N-methyl/N-ethyl adjacent to an activating group) is 1. The molecule has 0 bridgehead atoms. The summed E-state index contributed by atoms with van der Waals surface area (Å²) in [5.74, 6) is 1.39. The molecule has 2 nitrogen and oxygen atoms in total. The van der Waals surface area contributed by atoms with Gasteiger partial charge in [0.1, 0.15) is 11.3 Å². The first-order chi connectivity index (χ1) is 10.2. The SMILES string of the molecule is CC1c2ccccc2C(c2cc3ccccc3o2)CN1C. The van der Waals surface area contributed by atoms with Crippen molar-refractivity contribution in [2.24, 2.45) is 0 Å². The molecule has 106 valence electrons. The number of fused-ring (bicyclic) bond motifs is 2. The second-order valence-corrected chi connectivity index (χ2v) is 5.98. The first-order valence-corrected chi connectivity index (χ1v) is 7.51. The van der Waals surface area contributed by atoms with Crippen molar-refractivity contribution in [3.8, 4) is 0 Å². The second kappa shape index (κ2) is 4.74. The van der Waals surface area contributed by atoms with Crippen LogP contribution in [0.3, 0.4) is 0 Å². The molecule has 0 aliphatic carbocycles. The summed E-state index contributed by atoms with van der Waals surface area (Å²) < 4.78 is 6.12. The molecule has 2 atom stereocenters. The lowest BCUT2D eigenvalue weighted by atomic mass is 9.84. The van der Waals surface area contributed by atoms with Crippen molar-refractivity contribution in [1.82, 2.24) is 4.90 Å². The monoisotopic (exact) mass is 277 g/mol. The molecule has 0 radical (unpaired) electrons. The Morgan fingerprint density at radius 2 is 1.71 bits per heavy atom. The first kappa shape index (κ1) is 12.7. The van der Waals surface area contributed by atoms with Crippen LogP contribution in [-0.4, -0.2) is 18.5 Å². The molecule has 2 heterocycles. The molecule has 2 unspecified atom stereocenters. The number of benzene rings is 2. The van der Waals surface area contributed by atoms with E-state index in [1.807, 2.05) is 12.1 Å². The summed E-state index contributed by atoms with van der Waals surface area (Å²) in [6.45, 7) is 3.27. The Kier molecular flexibility index (Phi) is 2.86. The van der Waals surface area contributed by atoms with Crippen molar-refractivity contribution in [1.29, 1.82) is 0 Å². The van der Waals surface area contributed by atoms with Gasteiger partial charge in [-0.3, -0.25) is 4.90 Å². The highest BCUT2D eigenvalue weighted by atomic mass is 16.3. The van der Waals surface area contributed by atoms with Crippen LogP contribution in [0.25, 0.3) is 11.0 Å². The van der Waals surface area contributed by atoms with E-state index in [0.29, 0.717) is 12.0 Å². The fraction of sp³-hybridized carbons (Fsp3) is 0.263. The van der Waals surface area contributed by atoms with Gasteiger partial charge < -0.3 is 4.42 Å². The standard InChI is InChI=1S/C19H19NO/c1-13-15-8-4-5-9-16(15)17(12-20(13)2)19-11-14-7-3-6-10-18(14)21-19/h3-11,13,17H,12H2,1-2H3. The first-order valence-electron chi connectivity index (χ1n) is 7.51. The largest absolute Gasteiger partial charge is 0.460 e. The third-order valence-corrected chi connectivity index (χ3v) is 4.74. The van der Waals surface area contributed by atoms with Gasteiger partial charge in [-0.25, -0.2) is 0 Å². The lowest BCUT2D eigenvalue weighted by Gasteiger charge is -2.36. The predicted octanol–water partition coefficient (Wildman–Crippen LogP) is 4.57. The predicted molar refractivity (Wildman–Crippen MR) is 85.5 cm³/mol. The van der Waals surface area contributed by atoms with Gasteiger partial charge in [-0.2, -0.15) is 0 Å². The molecular formula is C19H19NO. The molecule has 0 saturated heterocycles. The fourth-order valence-electron chi connectivity index (χ4n) is 3.41. The molecule has 1 aliphatic rings. The maximum atomic E-state index is 6.12. The summed E-state index contributed by atoms with van der Waals surface area (Å²) >= 11 is 0. The third-order valence-electron chi connectivity index (χ3n) is 4.74. The van der Waals surface area contributed by atoms with E-state index in [1.54, 1.807) is 0 Å². The molecule has 0 amide bonds. The molecule has 2 heteroatoms. The minimum atomic E-state index is 0.315. The lowest BCUT2D eigenvalue weighted by molar-refractivity contribution is 0.226. The average Bonchev–Trinajstić information content (AvgIpc) is 2.94. The smallest absolute Gasteiger partial charge is 0.134 e. The number of rotatable bonds is 1. The van der Waals surface area contributed by atoms with E-state index in [-0.39, 0.29) is 0 Å². The maximum Gasteiger partial charge on any atom is 0.134 e. The minimum absolute atomic E-state index is 0.315. The number of hydrogen-bond acceptors (Lipinski definition) is 2. The summed E-state index contributed by atoms with van der Waals surface area (Å²) in [5, 5.41) is 1.19. The highest BCUT2D eigenvalue weighted by Gasteiger charge is 2.31. The topological polar surface area (TPSA) is 16.4 Å². The zero-order valence-electron chi connectivity index (χ0n) is 12.4. The van der Waals surface area contributed by atoms with E-state index < -0.39 is 0 Å². The molecule has 0 saturated carbocycles. The summed E-state index contributed by atoms with van der Waals surface area (Å²) in [7, 11) is 2.19. The van der Waals surface area contributed by atoms with Gasteiger partial charge in [-0.05, 0) is 37.2 Å². The molecule has 0 fully saturated rings. The number of furan rings is 1. The number of para-hydroxylation sites is 1. The maximum absolute atomic E-state index is 6.12. The molecule has 1 aliphatic heterocycles. The third kappa shape index (κ3) is 1.98. The van der Waals surface area contributed by atoms with Crippen LogP contribution in [-0.2, 0) is 0 Å². The van der Waals surface area contributed by atoms with Gasteiger partial charge in [-0.1, -0.05) is 42.5 Å². The van der Waals surface area contributed by atoms with Crippen molar-refractivity contribution >= 4 is 11.0 Å². The van der Waals surface area contributed by atoms with E-state index in [0.717, 1.165) is 17.9 Å². The van der Waals surface area contributed by atoms with Crippen molar-refractivity contribution in [3.63, 3.8) is 0 Å². The molecule has 2 aromatic carbocycles. The van der Waals surface area contributed by atoms with Crippen LogP contribution < -0.4 is 0 Å². The van der Waals surface area contributed by atoms with Gasteiger partial charge in [0.15, 0.2) is 0 Å². The van der Waals surface area contributed by atoms with Crippen LogP contribution in [0.5, 0.6) is 0 Å². The van der Waals surface area contributed by atoms with Crippen molar-refractivity contribution in [2.45, 2.75) is 18.9 Å². The highest BCUT2D eigenvalue weighted by molar-refractivity contribution is 5.78. The summed E-state index contributed by atoms with van der Waals surface area (Å²) in [5.41, 5.74) is 3.80. The van der Waals surface area contributed by atoms with Gasteiger partial charge in [0.2, 0.25) is 0 Å². The van der Waals surface area contributed by atoms with Crippen LogP contribution in [0.1, 0.15) is 35.8 Å². The Balaban J connectivity index is 1.86. The van der Waals surface area contributed by atoms with Crippen molar-refractivity contribution in [2.75, 3.05) is 13.6 Å². The van der Waals surface area contributed by atoms with Gasteiger partial charge in [0.25, 0.3) is 0 Å². The molecule has 0 spiro atoms. The van der Waals surface area contributed by atoms with Crippen LogP contribution in [0.2, 0.25) is 0 Å². The van der Waals surface area contributed by atoms with Gasteiger partial charge in [0, 0.05) is 18.0 Å². The molecule has 21 heavy (non-hydrogen) atoms. The second-order valence-electron chi connectivity index (χ2n) is 5.98. The Labute approximate surface area is 125 Å². The lowest BCUT2D eigenvalue weighted by Crippen LogP contribution is -2.33. The Bertz CT molecular complexity index is 756. The quantitative estimate of drug-likeness (QED) is 0.647. The Morgan fingerprint density at radius 1 is 1.00 bits per heavy atom. The highest BCUT2D eigenvalue weighted by Crippen LogP contribution is 2.39. The van der Waals surface area contributed by atoms with E-state index in [4.69, 9.17) is 4.42 Å². The van der Waals surface area contributed by atoms with E-state index in [2.05, 4.69) is 61.3 Å². The van der Waals surface area contributed by atoms with Crippen LogP contribution >= 0.6 is 0 Å². The van der Waals surface area contributed by atoms with E-state index in [9.17, 15) is 0 Å². The van der Waals surface area contributed by atoms with Gasteiger partial charge in [0.05, 0.1) is 5.92 Å². The number of hydrogen-bond donors (Lipinski definition) is 0. The van der Waals surface area contributed by atoms with Gasteiger partial charge >= 0.3 is 0 Å². The van der Waals surface area contributed by atoms with Crippen molar-refractivity contribution in [3.05, 3.63) is 71.5 Å². The zero-order chi connectivity index (χ0) is 14.4. The molecule has 3 aromatic rings. The zero-order valence-corrected chi connectivity index (χ0v) is 12.4. The fourth-order valence-corrected chi connectivity index (χ4v) is 3.41. The number of nitrogens with zero attached hydrogens (tertiary/aromatic N) is 1. The average molecular weight is 277 g/mol. The minimum Gasteiger partial charge on any atom is -0.460 e. The molecule has 4 rings (SSSR count). The van der Waals surface area contributed by atoms with E-state index in [1.165, 1.54) is 16.5 Å². The van der Waals surface area contributed by atoms with E-state index >= 15 is 0 Å². The van der Waals surface area contributed by atoms with Crippen molar-refractivity contribution < 1.29 is 4.42 Å². The molecule has 0 N–H and O–H groups in total. The molecular weight excluding hydrogens is 258 g/mol. The van der Waals surface area contributed by atoms with Gasteiger partial charge in [-0.15, -0.1) is 0 Å². The Hall–Kier alpha value is -2.06.